The van der Waals surface area contributed by atoms with E-state index in [9.17, 15) is 4.79 Å². The van der Waals surface area contributed by atoms with Gasteiger partial charge in [-0.3, -0.25) is 4.79 Å². The van der Waals surface area contributed by atoms with Gasteiger partial charge in [0, 0.05) is 6.92 Å². The molecule has 0 radical (unpaired) electrons. The lowest BCUT2D eigenvalue weighted by Crippen LogP contribution is -2.26. The van der Waals surface area contributed by atoms with Crippen molar-refractivity contribution in [3.8, 4) is 23.0 Å². The van der Waals surface area contributed by atoms with E-state index in [1.165, 1.54) is 6.92 Å². The van der Waals surface area contributed by atoms with E-state index < -0.39 is 0 Å². The van der Waals surface area contributed by atoms with Crippen LogP contribution in [0.4, 0.5) is 0 Å². The first-order valence-electron chi connectivity index (χ1n) is 8.72. The lowest BCUT2D eigenvalue weighted by Gasteiger charge is -2.20. The highest BCUT2D eigenvalue weighted by atomic mass is 16.5. The number of carbonyl (C=O) groups excluding carboxylic acids is 1. The third-order valence-corrected chi connectivity index (χ3v) is 4.34. The molecule has 1 amide bonds. The summed E-state index contributed by atoms with van der Waals surface area (Å²) in [6.07, 6.45) is 1.46. The van der Waals surface area contributed by atoms with Crippen LogP contribution in [0.2, 0.25) is 0 Å². The Balaban J connectivity index is 2.22. The van der Waals surface area contributed by atoms with Crippen LogP contribution in [0.25, 0.3) is 0 Å². The average Bonchev–Trinajstić information content (AvgIpc) is 2.69. The molecule has 2 rings (SSSR count). The normalized spacial score (nSPS) is 11.4. The Morgan fingerprint density at radius 2 is 1.52 bits per heavy atom. The van der Waals surface area contributed by atoms with Gasteiger partial charge >= 0.3 is 0 Å². The van der Waals surface area contributed by atoms with Gasteiger partial charge in [0.2, 0.25) is 11.7 Å². The Bertz CT molecular complexity index is 733. The molecule has 6 nitrogen and oxygen atoms in total. The van der Waals surface area contributed by atoms with Crippen molar-refractivity contribution >= 4 is 5.91 Å². The van der Waals surface area contributed by atoms with E-state index >= 15 is 0 Å². The molecule has 0 bridgehead atoms. The van der Waals surface area contributed by atoms with Crippen LogP contribution in [0.3, 0.4) is 0 Å². The van der Waals surface area contributed by atoms with Crippen molar-refractivity contribution in [2.24, 2.45) is 0 Å². The standard InChI is InChI=1S/C21H27NO5/c1-14(23)22-18(16-7-9-17(24-2)10-8-16)11-6-15-12-19(25-3)21(27-5)20(13-15)26-4/h7-10,12-13,18H,6,11H2,1-5H3,(H,22,23)/t18-/m0/s1. The zero-order valence-corrected chi connectivity index (χ0v) is 16.5. The largest absolute Gasteiger partial charge is 0.497 e. The quantitative estimate of drug-likeness (QED) is 0.728. The van der Waals surface area contributed by atoms with Gasteiger partial charge in [-0.05, 0) is 48.2 Å². The van der Waals surface area contributed by atoms with Crippen molar-refractivity contribution in [1.29, 1.82) is 0 Å². The first-order valence-corrected chi connectivity index (χ1v) is 8.72. The highest BCUT2D eigenvalue weighted by molar-refractivity contribution is 5.73. The van der Waals surface area contributed by atoms with Gasteiger partial charge in [-0.25, -0.2) is 0 Å². The topological polar surface area (TPSA) is 66.0 Å². The number of ether oxygens (including phenoxy) is 4. The van der Waals surface area contributed by atoms with Gasteiger partial charge in [-0.1, -0.05) is 12.1 Å². The smallest absolute Gasteiger partial charge is 0.217 e. The SMILES string of the molecule is COc1ccc([C@H](CCc2cc(OC)c(OC)c(OC)c2)NC(C)=O)cc1. The summed E-state index contributed by atoms with van der Waals surface area (Å²) in [6, 6.07) is 11.5. The maximum absolute atomic E-state index is 11.7. The summed E-state index contributed by atoms with van der Waals surface area (Å²) >= 11 is 0. The zero-order valence-electron chi connectivity index (χ0n) is 16.5. The fourth-order valence-electron chi connectivity index (χ4n) is 2.99. The highest BCUT2D eigenvalue weighted by Crippen LogP contribution is 2.38. The van der Waals surface area contributed by atoms with Crippen molar-refractivity contribution in [3.63, 3.8) is 0 Å². The van der Waals surface area contributed by atoms with Crippen LogP contribution in [0, 0.1) is 0 Å². The van der Waals surface area contributed by atoms with E-state index in [1.807, 2.05) is 36.4 Å². The van der Waals surface area contributed by atoms with Gasteiger partial charge in [0.15, 0.2) is 11.5 Å². The summed E-state index contributed by atoms with van der Waals surface area (Å²) in [4.78, 5) is 11.7. The van der Waals surface area contributed by atoms with E-state index in [-0.39, 0.29) is 11.9 Å². The van der Waals surface area contributed by atoms with Crippen LogP contribution >= 0.6 is 0 Å². The Hall–Kier alpha value is -2.89. The molecule has 1 N–H and O–H groups in total. The van der Waals surface area contributed by atoms with E-state index in [0.29, 0.717) is 17.2 Å². The van der Waals surface area contributed by atoms with Crippen molar-refractivity contribution in [1.82, 2.24) is 5.32 Å². The van der Waals surface area contributed by atoms with E-state index in [0.717, 1.165) is 29.7 Å². The maximum Gasteiger partial charge on any atom is 0.217 e. The van der Waals surface area contributed by atoms with Gasteiger partial charge in [-0.2, -0.15) is 0 Å². The molecular weight excluding hydrogens is 346 g/mol. The maximum atomic E-state index is 11.7. The number of nitrogens with one attached hydrogen (secondary N) is 1. The minimum Gasteiger partial charge on any atom is -0.497 e. The van der Waals surface area contributed by atoms with Crippen molar-refractivity contribution in [2.45, 2.75) is 25.8 Å². The van der Waals surface area contributed by atoms with Crippen LogP contribution in [0.5, 0.6) is 23.0 Å². The van der Waals surface area contributed by atoms with Crippen LogP contribution in [0.1, 0.15) is 30.5 Å². The molecule has 1 atom stereocenters. The van der Waals surface area contributed by atoms with E-state index in [4.69, 9.17) is 18.9 Å². The van der Waals surface area contributed by atoms with Gasteiger partial charge in [-0.15, -0.1) is 0 Å². The first kappa shape index (κ1) is 20.4. The molecule has 0 aliphatic carbocycles. The van der Waals surface area contributed by atoms with E-state index in [2.05, 4.69) is 5.32 Å². The third kappa shape index (κ3) is 5.29. The fraction of sp³-hybridized carbons (Fsp3) is 0.381. The molecule has 27 heavy (non-hydrogen) atoms. The molecule has 0 aliphatic rings. The third-order valence-electron chi connectivity index (χ3n) is 4.34. The fourth-order valence-corrected chi connectivity index (χ4v) is 2.99. The number of carbonyl (C=O) groups is 1. The van der Waals surface area contributed by atoms with Gasteiger partial charge < -0.3 is 24.3 Å². The summed E-state index contributed by atoms with van der Waals surface area (Å²) in [5.74, 6) is 2.52. The van der Waals surface area contributed by atoms with Crippen LogP contribution in [0.15, 0.2) is 36.4 Å². The molecule has 0 saturated carbocycles. The minimum atomic E-state index is -0.104. The molecule has 0 aliphatic heterocycles. The van der Waals surface area contributed by atoms with Crippen LogP contribution in [-0.4, -0.2) is 34.3 Å². The van der Waals surface area contributed by atoms with Crippen molar-refractivity contribution in [3.05, 3.63) is 47.5 Å². The summed E-state index contributed by atoms with van der Waals surface area (Å²) in [5, 5.41) is 3.02. The molecule has 0 heterocycles. The molecule has 6 heteroatoms. The van der Waals surface area contributed by atoms with Gasteiger partial charge in [0.05, 0.1) is 34.5 Å². The monoisotopic (exact) mass is 373 g/mol. The number of benzene rings is 2. The molecule has 146 valence electrons. The second-order valence-corrected chi connectivity index (χ2v) is 6.10. The predicted molar refractivity (Wildman–Crippen MR) is 104 cm³/mol. The second-order valence-electron chi connectivity index (χ2n) is 6.10. The van der Waals surface area contributed by atoms with E-state index in [1.54, 1.807) is 28.4 Å². The Morgan fingerprint density at radius 1 is 0.926 bits per heavy atom. The summed E-state index contributed by atoms with van der Waals surface area (Å²) in [6.45, 7) is 1.52. The average molecular weight is 373 g/mol. The Labute approximate surface area is 160 Å². The molecular formula is C21H27NO5. The summed E-state index contributed by atoms with van der Waals surface area (Å²) in [7, 11) is 6.40. The Morgan fingerprint density at radius 3 is 1.96 bits per heavy atom. The second kappa shape index (κ2) is 9.71. The van der Waals surface area contributed by atoms with Gasteiger partial charge in [0.25, 0.3) is 0 Å². The molecule has 2 aromatic carbocycles. The zero-order chi connectivity index (χ0) is 19.8. The van der Waals surface area contributed by atoms with Crippen molar-refractivity contribution < 1.29 is 23.7 Å². The Kier molecular flexibility index (Phi) is 7.34. The number of hydrogen-bond donors (Lipinski definition) is 1. The van der Waals surface area contributed by atoms with Gasteiger partial charge in [0.1, 0.15) is 5.75 Å². The van der Waals surface area contributed by atoms with Crippen LogP contribution in [-0.2, 0) is 11.2 Å². The number of rotatable bonds is 9. The molecule has 0 fully saturated rings. The molecule has 2 aromatic rings. The molecule has 0 spiro atoms. The first-order chi connectivity index (χ1) is 13.0. The van der Waals surface area contributed by atoms with Crippen LogP contribution < -0.4 is 24.3 Å². The van der Waals surface area contributed by atoms with Crippen molar-refractivity contribution in [2.75, 3.05) is 28.4 Å². The summed E-state index contributed by atoms with van der Waals surface area (Å²) < 4.78 is 21.4. The lowest BCUT2D eigenvalue weighted by molar-refractivity contribution is -0.119. The highest BCUT2D eigenvalue weighted by Gasteiger charge is 2.16. The molecule has 0 aromatic heterocycles. The minimum absolute atomic E-state index is 0.0688. The molecule has 0 unspecified atom stereocenters. The number of amides is 1. The number of aryl methyl sites for hydroxylation is 1. The number of methoxy groups -OCH3 is 4. The molecule has 0 saturated heterocycles. The summed E-state index contributed by atoms with van der Waals surface area (Å²) in [5.41, 5.74) is 2.06. The lowest BCUT2D eigenvalue weighted by atomic mass is 9.98. The number of hydrogen-bond acceptors (Lipinski definition) is 5. The predicted octanol–water partition coefficient (Wildman–Crippen LogP) is 3.53.